The Morgan fingerprint density at radius 1 is 1.33 bits per heavy atom. The minimum Gasteiger partial charge on any atom is -0.496 e. The smallest absolute Gasteiger partial charge is 0.122 e. The predicted octanol–water partition coefficient (Wildman–Crippen LogP) is 3.76. The Morgan fingerprint density at radius 3 is 2.78 bits per heavy atom. The Morgan fingerprint density at radius 2 is 2.17 bits per heavy atom. The van der Waals surface area contributed by atoms with Crippen molar-refractivity contribution in [2.24, 2.45) is 0 Å². The van der Waals surface area contributed by atoms with E-state index in [4.69, 9.17) is 4.74 Å². The maximum atomic E-state index is 5.41. The van der Waals surface area contributed by atoms with Gasteiger partial charge in [0.15, 0.2) is 0 Å². The second-order valence-electron chi connectivity index (χ2n) is 4.24. The Kier molecular flexibility index (Phi) is 4.39. The van der Waals surface area contributed by atoms with Crippen molar-refractivity contribution < 1.29 is 4.74 Å². The molecule has 1 aromatic carbocycles. The Bertz CT molecular complexity index is 493. The second-order valence-corrected chi connectivity index (χ2v) is 5.21. The molecular formula is C15H19NOS. The summed E-state index contributed by atoms with van der Waals surface area (Å²) in [6.45, 7) is 5.14. The quantitative estimate of drug-likeness (QED) is 0.884. The Labute approximate surface area is 113 Å². The molecule has 1 heterocycles. The summed E-state index contributed by atoms with van der Waals surface area (Å²) < 4.78 is 5.41. The number of thiophene rings is 1. The molecule has 1 unspecified atom stereocenters. The molecule has 96 valence electrons. The van der Waals surface area contributed by atoms with Crippen molar-refractivity contribution in [2.45, 2.75) is 19.9 Å². The van der Waals surface area contributed by atoms with Gasteiger partial charge in [-0.05, 0) is 42.1 Å². The molecule has 2 aromatic rings. The summed E-state index contributed by atoms with van der Waals surface area (Å²) in [6.07, 6.45) is 0. The van der Waals surface area contributed by atoms with Gasteiger partial charge < -0.3 is 10.1 Å². The molecule has 2 nitrogen and oxygen atoms in total. The zero-order chi connectivity index (χ0) is 13.0. The van der Waals surface area contributed by atoms with E-state index in [1.54, 1.807) is 18.4 Å². The van der Waals surface area contributed by atoms with Crippen molar-refractivity contribution in [3.05, 3.63) is 51.7 Å². The summed E-state index contributed by atoms with van der Waals surface area (Å²) in [5.41, 5.74) is 2.42. The first kappa shape index (κ1) is 13.1. The zero-order valence-corrected chi connectivity index (χ0v) is 11.9. The lowest BCUT2D eigenvalue weighted by Gasteiger charge is -2.18. The standard InChI is InChI=1S/C15H19NOS/c1-4-16-15(14-6-5-9-18-14)12-8-7-11(2)13(10-12)17-3/h5-10,15-16H,4H2,1-3H3. The van der Waals surface area contributed by atoms with Gasteiger partial charge in [-0.15, -0.1) is 11.3 Å². The monoisotopic (exact) mass is 261 g/mol. The average Bonchev–Trinajstić information content (AvgIpc) is 2.90. The molecule has 0 saturated carbocycles. The van der Waals surface area contributed by atoms with E-state index in [1.165, 1.54) is 16.0 Å². The molecule has 0 saturated heterocycles. The first-order valence-corrected chi connectivity index (χ1v) is 7.05. The Hall–Kier alpha value is -1.32. The fourth-order valence-electron chi connectivity index (χ4n) is 2.06. The molecule has 0 aliphatic carbocycles. The van der Waals surface area contributed by atoms with Crippen molar-refractivity contribution in [3.8, 4) is 5.75 Å². The largest absolute Gasteiger partial charge is 0.496 e. The van der Waals surface area contributed by atoms with Crippen molar-refractivity contribution in [3.63, 3.8) is 0 Å². The highest BCUT2D eigenvalue weighted by atomic mass is 32.1. The van der Waals surface area contributed by atoms with Crippen LogP contribution in [0.5, 0.6) is 5.75 Å². The minimum atomic E-state index is 0.254. The number of benzene rings is 1. The maximum Gasteiger partial charge on any atom is 0.122 e. The van der Waals surface area contributed by atoms with Gasteiger partial charge >= 0.3 is 0 Å². The topological polar surface area (TPSA) is 21.3 Å². The van der Waals surface area contributed by atoms with Crippen LogP contribution in [0.3, 0.4) is 0 Å². The molecule has 1 atom stereocenters. The number of ether oxygens (including phenoxy) is 1. The van der Waals surface area contributed by atoms with Crippen LogP contribution < -0.4 is 10.1 Å². The molecule has 0 bridgehead atoms. The number of hydrogen-bond acceptors (Lipinski definition) is 3. The van der Waals surface area contributed by atoms with Gasteiger partial charge in [0, 0.05) is 4.88 Å². The highest BCUT2D eigenvalue weighted by Gasteiger charge is 2.15. The molecule has 1 aromatic heterocycles. The summed E-state index contributed by atoms with van der Waals surface area (Å²) >= 11 is 1.78. The van der Waals surface area contributed by atoms with Crippen LogP contribution >= 0.6 is 11.3 Å². The van der Waals surface area contributed by atoms with Gasteiger partial charge in [0.05, 0.1) is 13.2 Å². The molecule has 0 fully saturated rings. The third-order valence-corrected chi connectivity index (χ3v) is 3.94. The molecule has 0 aliphatic rings. The summed E-state index contributed by atoms with van der Waals surface area (Å²) in [6, 6.07) is 10.9. The van der Waals surface area contributed by atoms with Crippen molar-refractivity contribution in [2.75, 3.05) is 13.7 Å². The molecule has 0 spiro atoms. The normalized spacial score (nSPS) is 12.4. The van der Waals surface area contributed by atoms with Crippen LogP contribution in [0, 0.1) is 6.92 Å². The summed E-state index contributed by atoms with van der Waals surface area (Å²) in [7, 11) is 1.72. The van der Waals surface area contributed by atoms with E-state index in [1.807, 2.05) is 0 Å². The molecule has 18 heavy (non-hydrogen) atoms. The first-order valence-electron chi connectivity index (χ1n) is 6.17. The van der Waals surface area contributed by atoms with E-state index >= 15 is 0 Å². The van der Waals surface area contributed by atoms with Gasteiger partial charge in [0.1, 0.15) is 5.75 Å². The second kappa shape index (κ2) is 6.03. The Balaban J connectivity index is 2.36. The van der Waals surface area contributed by atoms with Gasteiger partial charge in [-0.25, -0.2) is 0 Å². The third-order valence-electron chi connectivity index (χ3n) is 3.00. The van der Waals surface area contributed by atoms with Crippen LogP contribution in [0.1, 0.15) is 29.0 Å². The predicted molar refractivity (Wildman–Crippen MR) is 77.6 cm³/mol. The van der Waals surface area contributed by atoms with Gasteiger partial charge in [-0.1, -0.05) is 25.1 Å². The SMILES string of the molecule is CCNC(c1ccc(C)c(OC)c1)c1cccs1. The maximum absolute atomic E-state index is 5.41. The number of nitrogens with one attached hydrogen (secondary N) is 1. The van der Waals surface area contributed by atoms with E-state index < -0.39 is 0 Å². The number of aryl methyl sites for hydroxylation is 1. The fraction of sp³-hybridized carbons (Fsp3) is 0.333. The summed E-state index contributed by atoms with van der Waals surface area (Å²) in [5.74, 6) is 0.951. The zero-order valence-electron chi connectivity index (χ0n) is 11.1. The third kappa shape index (κ3) is 2.74. The highest BCUT2D eigenvalue weighted by molar-refractivity contribution is 7.10. The molecule has 0 radical (unpaired) electrons. The van der Waals surface area contributed by atoms with E-state index in [-0.39, 0.29) is 6.04 Å². The first-order chi connectivity index (χ1) is 8.76. The molecular weight excluding hydrogens is 242 g/mol. The molecule has 0 amide bonds. The van der Waals surface area contributed by atoms with Gasteiger partial charge in [-0.3, -0.25) is 0 Å². The molecule has 3 heteroatoms. The highest BCUT2D eigenvalue weighted by Crippen LogP contribution is 2.29. The van der Waals surface area contributed by atoms with E-state index in [2.05, 4.69) is 54.9 Å². The lowest BCUT2D eigenvalue weighted by atomic mass is 10.0. The number of methoxy groups -OCH3 is 1. The van der Waals surface area contributed by atoms with Crippen molar-refractivity contribution in [1.82, 2.24) is 5.32 Å². The molecule has 0 aliphatic heterocycles. The van der Waals surface area contributed by atoms with Gasteiger partial charge in [0.25, 0.3) is 0 Å². The van der Waals surface area contributed by atoms with Crippen LogP contribution in [-0.4, -0.2) is 13.7 Å². The lowest BCUT2D eigenvalue weighted by molar-refractivity contribution is 0.410. The lowest BCUT2D eigenvalue weighted by Crippen LogP contribution is -2.21. The van der Waals surface area contributed by atoms with Crippen LogP contribution in [0.15, 0.2) is 35.7 Å². The van der Waals surface area contributed by atoms with Crippen LogP contribution in [0.25, 0.3) is 0 Å². The summed E-state index contributed by atoms with van der Waals surface area (Å²) in [5, 5.41) is 5.64. The van der Waals surface area contributed by atoms with Crippen molar-refractivity contribution >= 4 is 11.3 Å². The fourth-order valence-corrected chi connectivity index (χ4v) is 2.89. The number of rotatable bonds is 5. The van der Waals surface area contributed by atoms with Crippen molar-refractivity contribution in [1.29, 1.82) is 0 Å². The molecule has 2 rings (SSSR count). The van der Waals surface area contributed by atoms with Gasteiger partial charge in [-0.2, -0.15) is 0 Å². The van der Waals surface area contributed by atoms with E-state index in [0.717, 1.165) is 12.3 Å². The van der Waals surface area contributed by atoms with E-state index in [9.17, 15) is 0 Å². The molecule has 1 N–H and O–H groups in total. The van der Waals surface area contributed by atoms with Crippen LogP contribution in [-0.2, 0) is 0 Å². The van der Waals surface area contributed by atoms with Crippen LogP contribution in [0.2, 0.25) is 0 Å². The van der Waals surface area contributed by atoms with E-state index in [0.29, 0.717) is 0 Å². The number of hydrogen-bond donors (Lipinski definition) is 1. The minimum absolute atomic E-state index is 0.254. The average molecular weight is 261 g/mol. The summed E-state index contributed by atoms with van der Waals surface area (Å²) in [4.78, 5) is 1.34. The van der Waals surface area contributed by atoms with Crippen LogP contribution in [0.4, 0.5) is 0 Å². The van der Waals surface area contributed by atoms with Gasteiger partial charge in [0.2, 0.25) is 0 Å².